The lowest BCUT2D eigenvalue weighted by Crippen LogP contribution is -2.42. The maximum atomic E-state index is 12.7. The first-order chi connectivity index (χ1) is 11.7. The van der Waals surface area contributed by atoms with E-state index < -0.39 is 0 Å². The first-order valence-electron chi connectivity index (χ1n) is 8.88. The van der Waals surface area contributed by atoms with E-state index in [0.717, 1.165) is 49.4 Å². The van der Waals surface area contributed by atoms with Crippen molar-refractivity contribution >= 4 is 22.7 Å². The predicted octanol–water partition coefficient (Wildman–Crippen LogP) is 2.74. The number of para-hydroxylation sites is 1. The number of aromatic nitrogens is 1. The average Bonchev–Trinajstić information content (AvgIpc) is 3.27. The summed E-state index contributed by atoms with van der Waals surface area (Å²) in [7, 11) is 0. The standard InChI is InChI=1S/C19H23N3O2/c23-18(21-14-7-8-14)13-4-1-5-15(11-13)22-19(24)16-6-2-3-12-9-10-20-17(12)16/h2-3,6,9-10,13-15,20H,1,4-5,7-8,11H2,(H,21,23)(H,22,24)/t13-,15-/m1/s1. The van der Waals surface area contributed by atoms with Gasteiger partial charge in [0.25, 0.3) is 5.91 Å². The van der Waals surface area contributed by atoms with Gasteiger partial charge in [-0.2, -0.15) is 0 Å². The second-order valence-corrected chi connectivity index (χ2v) is 7.06. The van der Waals surface area contributed by atoms with Gasteiger partial charge in [0.1, 0.15) is 0 Å². The maximum Gasteiger partial charge on any atom is 0.253 e. The molecule has 0 saturated heterocycles. The molecule has 1 aromatic heterocycles. The Bertz CT molecular complexity index is 763. The number of hydrogen-bond donors (Lipinski definition) is 3. The number of H-pyrrole nitrogens is 1. The van der Waals surface area contributed by atoms with Crippen LogP contribution in [-0.4, -0.2) is 28.9 Å². The molecule has 0 aliphatic heterocycles. The summed E-state index contributed by atoms with van der Waals surface area (Å²) in [6.45, 7) is 0. The van der Waals surface area contributed by atoms with E-state index in [1.165, 1.54) is 0 Å². The molecule has 126 valence electrons. The highest BCUT2D eigenvalue weighted by Crippen LogP contribution is 2.27. The van der Waals surface area contributed by atoms with Crippen molar-refractivity contribution < 1.29 is 9.59 Å². The normalized spacial score (nSPS) is 23.8. The van der Waals surface area contributed by atoms with E-state index in [2.05, 4.69) is 15.6 Å². The van der Waals surface area contributed by atoms with Crippen LogP contribution in [0.1, 0.15) is 48.9 Å². The van der Waals surface area contributed by atoms with Gasteiger partial charge in [-0.05, 0) is 44.2 Å². The van der Waals surface area contributed by atoms with Crippen molar-refractivity contribution in [3.05, 3.63) is 36.0 Å². The van der Waals surface area contributed by atoms with Crippen LogP contribution in [0, 0.1) is 5.92 Å². The first kappa shape index (κ1) is 15.2. The molecule has 24 heavy (non-hydrogen) atoms. The van der Waals surface area contributed by atoms with Crippen LogP contribution in [0.4, 0.5) is 0 Å². The van der Waals surface area contributed by atoms with Crippen molar-refractivity contribution in [1.29, 1.82) is 0 Å². The van der Waals surface area contributed by atoms with Gasteiger partial charge in [-0.15, -0.1) is 0 Å². The van der Waals surface area contributed by atoms with Crippen LogP contribution in [0.5, 0.6) is 0 Å². The summed E-state index contributed by atoms with van der Waals surface area (Å²) >= 11 is 0. The molecule has 5 nitrogen and oxygen atoms in total. The van der Waals surface area contributed by atoms with Crippen molar-refractivity contribution in [3.8, 4) is 0 Å². The van der Waals surface area contributed by atoms with Gasteiger partial charge in [0.05, 0.1) is 11.1 Å². The highest BCUT2D eigenvalue weighted by atomic mass is 16.2. The molecular formula is C19H23N3O2. The Morgan fingerprint density at radius 3 is 2.71 bits per heavy atom. The molecule has 2 saturated carbocycles. The largest absolute Gasteiger partial charge is 0.361 e. The summed E-state index contributed by atoms with van der Waals surface area (Å²) in [5.74, 6) is 0.144. The number of carbonyl (C=O) groups excluding carboxylic acids is 2. The summed E-state index contributed by atoms with van der Waals surface area (Å²) in [4.78, 5) is 28.1. The topological polar surface area (TPSA) is 74.0 Å². The molecule has 2 aromatic rings. The number of amides is 2. The van der Waals surface area contributed by atoms with E-state index >= 15 is 0 Å². The Labute approximate surface area is 141 Å². The van der Waals surface area contributed by atoms with Gasteiger partial charge in [-0.25, -0.2) is 0 Å². The summed E-state index contributed by atoms with van der Waals surface area (Å²) in [5.41, 5.74) is 1.54. The van der Waals surface area contributed by atoms with Crippen LogP contribution < -0.4 is 10.6 Å². The van der Waals surface area contributed by atoms with Crippen molar-refractivity contribution in [2.24, 2.45) is 5.92 Å². The molecule has 0 spiro atoms. The van der Waals surface area contributed by atoms with Crippen LogP contribution in [0.3, 0.4) is 0 Å². The van der Waals surface area contributed by atoms with Crippen LogP contribution in [-0.2, 0) is 4.79 Å². The first-order valence-corrected chi connectivity index (χ1v) is 8.88. The third-order valence-corrected chi connectivity index (χ3v) is 5.14. The van der Waals surface area contributed by atoms with Crippen LogP contribution >= 0.6 is 0 Å². The molecular weight excluding hydrogens is 302 g/mol. The summed E-state index contributed by atoms with van der Waals surface area (Å²) < 4.78 is 0. The van der Waals surface area contributed by atoms with E-state index in [9.17, 15) is 9.59 Å². The molecule has 0 bridgehead atoms. The zero-order valence-corrected chi connectivity index (χ0v) is 13.7. The predicted molar refractivity (Wildman–Crippen MR) is 92.7 cm³/mol. The van der Waals surface area contributed by atoms with Crippen LogP contribution in [0.25, 0.3) is 10.9 Å². The lowest BCUT2D eigenvalue weighted by atomic mass is 9.85. The van der Waals surface area contributed by atoms with Crippen molar-refractivity contribution in [2.45, 2.75) is 50.6 Å². The number of nitrogens with one attached hydrogen (secondary N) is 3. The third kappa shape index (κ3) is 3.16. The molecule has 3 N–H and O–H groups in total. The van der Waals surface area contributed by atoms with E-state index in [-0.39, 0.29) is 23.8 Å². The molecule has 2 atom stereocenters. The molecule has 2 aliphatic rings. The van der Waals surface area contributed by atoms with Gasteiger partial charge in [-0.3, -0.25) is 9.59 Å². The zero-order valence-electron chi connectivity index (χ0n) is 13.7. The lowest BCUT2D eigenvalue weighted by Gasteiger charge is -2.29. The average molecular weight is 325 g/mol. The molecule has 2 fully saturated rings. The maximum absolute atomic E-state index is 12.7. The summed E-state index contributed by atoms with van der Waals surface area (Å²) in [5, 5.41) is 7.26. The van der Waals surface area contributed by atoms with E-state index in [4.69, 9.17) is 0 Å². The van der Waals surface area contributed by atoms with Crippen LogP contribution in [0.15, 0.2) is 30.5 Å². The molecule has 2 amide bonds. The smallest absolute Gasteiger partial charge is 0.253 e. The molecule has 0 unspecified atom stereocenters. The monoisotopic (exact) mass is 325 g/mol. The number of aromatic amines is 1. The fraction of sp³-hybridized carbons (Fsp3) is 0.474. The molecule has 4 rings (SSSR count). The van der Waals surface area contributed by atoms with Gasteiger partial charge < -0.3 is 15.6 Å². The number of rotatable bonds is 4. The van der Waals surface area contributed by atoms with Gasteiger partial charge in [0.15, 0.2) is 0 Å². The van der Waals surface area contributed by atoms with E-state index in [0.29, 0.717) is 11.6 Å². The zero-order chi connectivity index (χ0) is 16.5. The van der Waals surface area contributed by atoms with Gasteiger partial charge in [-0.1, -0.05) is 18.6 Å². The summed E-state index contributed by atoms with van der Waals surface area (Å²) in [6, 6.07) is 8.17. The third-order valence-electron chi connectivity index (χ3n) is 5.14. The fourth-order valence-corrected chi connectivity index (χ4v) is 3.64. The van der Waals surface area contributed by atoms with Gasteiger partial charge >= 0.3 is 0 Å². The Balaban J connectivity index is 1.41. The van der Waals surface area contributed by atoms with Crippen molar-refractivity contribution in [2.75, 3.05) is 0 Å². The summed E-state index contributed by atoms with van der Waals surface area (Å²) in [6.07, 6.45) is 7.67. The Hall–Kier alpha value is -2.30. The lowest BCUT2D eigenvalue weighted by molar-refractivity contribution is -0.126. The van der Waals surface area contributed by atoms with Gasteiger partial charge in [0, 0.05) is 29.6 Å². The van der Waals surface area contributed by atoms with Crippen molar-refractivity contribution in [1.82, 2.24) is 15.6 Å². The van der Waals surface area contributed by atoms with Gasteiger partial charge in [0.2, 0.25) is 5.91 Å². The van der Waals surface area contributed by atoms with Crippen molar-refractivity contribution in [3.63, 3.8) is 0 Å². The highest BCUT2D eigenvalue weighted by molar-refractivity contribution is 6.05. The Morgan fingerprint density at radius 2 is 1.88 bits per heavy atom. The molecule has 1 heterocycles. The number of benzene rings is 1. The molecule has 1 aromatic carbocycles. The molecule has 0 radical (unpaired) electrons. The minimum absolute atomic E-state index is 0.0333. The number of hydrogen-bond acceptors (Lipinski definition) is 2. The second kappa shape index (κ2) is 6.30. The number of fused-ring (bicyclic) bond motifs is 1. The van der Waals surface area contributed by atoms with Crippen LogP contribution in [0.2, 0.25) is 0 Å². The van der Waals surface area contributed by atoms with E-state index in [1.807, 2.05) is 30.5 Å². The Morgan fingerprint density at radius 1 is 1.00 bits per heavy atom. The fourth-order valence-electron chi connectivity index (χ4n) is 3.64. The minimum atomic E-state index is -0.0590. The SMILES string of the molecule is O=C(N[C@@H]1CCC[C@@H](C(=O)NC2CC2)C1)c1cccc2cc[nH]c12. The molecule has 2 aliphatic carbocycles. The Kier molecular flexibility index (Phi) is 4.00. The number of carbonyl (C=O) groups is 2. The minimum Gasteiger partial charge on any atom is -0.361 e. The quantitative estimate of drug-likeness (QED) is 0.808. The molecule has 5 heteroatoms. The highest BCUT2D eigenvalue weighted by Gasteiger charge is 2.31. The second-order valence-electron chi connectivity index (χ2n) is 7.06. The van der Waals surface area contributed by atoms with E-state index in [1.54, 1.807) is 0 Å².